The average molecular weight is 331 g/mol. The average Bonchev–Trinajstić information content (AvgIpc) is 3.07. The molecule has 6 heteroatoms. The van der Waals surface area contributed by atoms with Crippen molar-refractivity contribution >= 4 is 16.7 Å². The van der Waals surface area contributed by atoms with E-state index in [2.05, 4.69) is 38.5 Å². The summed E-state index contributed by atoms with van der Waals surface area (Å²) in [5.41, 5.74) is 2.96. The van der Waals surface area contributed by atoms with Crippen molar-refractivity contribution < 1.29 is 0 Å². The number of aromatic amines is 1. The van der Waals surface area contributed by atoms with E-state index in [0.29, 0.717) is 13.1 Å². The van der Waals surface area contributed by atoms with E-state index in [9.17, 15) is 4.79 Å². The lowest BCUT2D eigenvalue weighted by molar-refractivity contribution is 0.699. The Balaban J connectivity index is 1.50. The molecule has 6 nitrogen and oxygen atoms in total. The summed E-state index contributed by atoms with van der Waals surface area (Å²) < 4.78 is 1.61. The summed E-state index contributed by atoms with van der Waals surface area (Å²) in [6, 6.07) is 14.1. The molecule has 25 heavy (non-hydrogen) atoms. The Morgan fingerprint density at radius 2 is 2.00 bits per heavy atom. The third-order valence-corrected chi connectivity index (χ3v) is 4.09. The van der Waals surface area contributed by atoms with Gasteiger partial charge in [0.15, 0.2) is 0 Å². The molecular formula is C19H17N5O. The van der Waals surface area contributed by atoms with Gasteiger partial charge in [-0.3, -0.25) is 9.55 Å². The Morgan fingerprint density at radius 1 is 1.08 bits per heavy atom. The lowest BCUT2D eigenvalue weighted by Gasteiger charge is -2.08. The second-order valence-corrected chi connectivity index (χ2v) is 5.70. The number of anilines is 1. The normalized spacial score (nSPS) is 10.9. The van der Waals surface area contributed by atoms with E-state index in [-0.39, 0.29) is 5.69 Å². The Labute approximate surface area is 144 Å². The first-order valence-electron chi connectivity index (χ1n) is 8.09. The molecule has 0 fully saturated rings. The highest BCUT2D eigenvalue weighted by Crippen LogP contribution is 2.26. The summed E-state index contributed by atoms with van der Waals surface area (Å²) in [5, 5.41) is 4.34. The Morgan fingerprint density at radius 3 is 2.80 bits per heavy atom. The Bertz CT molecular complexity index is 1040. The zero-order valence-corrected chi connectivity index (χ0v) is 13.5. The van der Waals surface area contributed by atoms with Crippen LogP contribution in [0.3, 0.4) is 0 Å². The van der Waals surface area contributed by atoms with Crippen molar-refractivity contribution in [1.82, 2.24) is 19.5 Å². The van der Waals surface area contributed by atoms with Crippen LogP contribution in [-0.4, -0.2) is 26.1 Å². The number of para-hydroxylation sites is 1. The van der Waals surface area contributed by atoms with Gasteiger partial charge in [0.25, 0.3) is 0 Å². The number of pyridine rings is 2. The van der Waals surface area contributed by atoms with Crippen LogP contribution in [0.25, 0.3) is 22.0 Å². The first-order valence-corrected chi connectivity index (χ1v) is 8.09. The fourth-order valence-corrected chi connectivity index (χ4v) is 2.82. The number of aromatic nitrogens is 4. The van der Waals surface area contributed by atoms with Gasteiger partial charge in [-0.05, 0) is 18.2 Å². The maximum absolute atomic E-state index is 11.4. The van der Waals surface area contributed by atoms with E-state index in [1.807, 2.05) is 30.5 Å². The van der Waals surface area contributed by atoms with Gasteiger partial charge in [-0.25, -0.2) is 9.78 Å². The lowest BCUT2D eigenvalue weighted by atomic mass is 10.0. The zero-order valence-electron chi connectivity index (χ0n) is 13.5. The first kappa shape index (κ1) is 15.1. The minimum absolute atomic E-state index is 0.103. The molecule has 0 aliphatic carbocycles. The maximum Gasteiger partial charge on any atom is 0.325 e. The Hall–Kier alpha value is -3.41. The van der Waals surface area contributed by atoms with Crippen molar-refractivity contribution in [1.29, 1.82) is 0 Å². The van der Waals surface area contributed by atoms with Crippen LogP contribution < -0.4 is 11.0 Å². The van der Waals surface area contributed by atoms with E-state index in [1.54, 1.807) is 23.2 Å². The van der Waals surface area contributed by atoms with E-state index in [1.165, 1.54) is 0 Å². The molecule has 3 aromatic heterocycles. The zero-order chi connectivity index (χ0) is 17.1. The van der Waals surface area contributed by atoms with Crippen molar-refractivity contribution in [2.24, 2.45) is 0 Å². The molecule has 4 rings (SSSR count). The monoisotopic (exact) mass is 331 g/mol. The second-order valence-electron chi connectivity index (χ2n) is 5.70. The number of benzene rings is 1. The number of nitrogens with zero attached hydrogens (tertiary/aromatic N) is 3. The molecule has 0 radical (unpaired) electrons. The first-order chi connectivity index (χ1) is 12.3. The van der Waals surface area contributed by atoms with Gasteiger partial charge in [0.05, 0.1) is 5.52 Å². The molecule has 0 aliphatic rings. The molecule has 0 saturated heterocycles. The van der Waals surface area contributed by atoms with E-state index < -0.39 is 0 Å². The number of hydrogen-bond donors (Lipinski definition) is 2. The number of hydrogen-bond acceptors (Lipinski definition) is 4. The number of imidazole rings is 1. The van der Waals surface area contributed by atoms with Crippen LogP contribution in [0.15, 0.2) is 72.0 Å². The van der Waals surface area contributed by atoms with Crippen LogP contribution in [0, 0.1) is 0 Å². The number of H-pyrrole nitrogens is 1. The van der Waals surface area contributed by atoms with Gasteiger partial charge < -0.3 is 10.3 Å². The third-order valence-electron chi connectivity index (χ3n) is 4.09. The van der Waals surface area contributed by atoms with Gasteiger partial charge in [0.1, 0.15) is 5.82 Å². The van der Waals surface area contributed by atoms with E-state index >= 15 is 0 Å². The fraction of sp³-hybridized carbons (Fsp3) is 0.105. The Kier molecular flexibility index (Phi) is 4.00. The summed E-state index contributed by atoms with van der Waals surface area (Å²) in [4.78, 5) is 23.0. The fourth-order valence-electron chi connectivity index (χ4n) is 2.82. The highest BCUT2D eigenvalue weighted by atomic mass is 16.1. The lowest BCUT2D eigenvalue weighted by Crippen LogP contribution is -2.20. The summed E-state index contributed by atoms with van der Waals surface area (Å²) in [6.07, 6.45) is 7.01. The molecule has 124 valence electrons. The van der Waals surface area contributed by atoms with E-state index in [4.69, 9.17) is 0 Å². The van der Waals surface area contributed by atoms with Crippen molar-refractivity contribution in [3.05, 3.63) is 77.7 Å². The molecule has 0 aliphatic heterocycles. The second kappa shape index (κ2) is 6.60. The van der Waals surface area contributed by atoms with Crippen LogP contribution in [0.5, 0.6) is 0 Å². The standard InChI is InChI=1S/C19H17N5O/c25-19-22-10-12-24(19)11-9-20-17-7-6-15(13-23-17)16-5-1-3-14-4-2-8-21-18(14)16/h1-8,10,12-13H,9,11H2,(H,20,23)(H,22,25). The van der Waals surface area contributed by atoms with Crippen molar-refractivity contribution in [2.75, 3.05) is 11.9 Å². The van der Waals surface area contributed by atoms with Crippen molar-refractivity contribution in [2.45, 2.75) is 6.54 Å². The predicted octanol–water partition coefficient (Wildman–Crippen LogP) is 2.90. The minimum Gasteiger partial charge on any atom is -0.368 e. The van der Waals surface area contributed by atoms with Gasteiger partial charge in [-0.15, -0.1) is 0 Å². The number of fused-ring (bicyclic) bond motifs is 1. The molecule has 0 amide bonds. The van der Waals surface area contributed by atoms with Crippen LogP contribution in [0.2, 0.25) is 0 Å². The summed E-state index contributed by atoms with van der Waals surface area (Å²) in [5.74, 6) is 0.778. The number of nitrogens with one attached hydrogen (secondary N) is 2. The van der Waals surface area contributed by atoms with Gasteiger partial charge in [0.2, 0.25) is 0 Å². The maximum atomic E-state index is 11.4. The largest absolute Gasteiger partial charge is 0.368 e. The molecule has 0 saturated carbocycles. The number of rotatable bonds is 5. The summed E-state index contributed by atoms with van der Waals surface area (Å²) in [6.45, 7) is 1.21. The smallest absolute Gasteiger partial charge is 0.325 e. The predicted molar refractivity (Wildman–Crippen MR) is 98.5 cm³/mol. The molecule has 0 unspecified atom stereocenters. The molecular weight excluding hydrogens is 314 g/mol. The minimum atomic E-state index is -0.103. The molecule has 0 atom stereocenters. The third kappa shape index (κ3) is 3.14. The molecule has 4 aromatic rings. The molecule has 0 bridgehead atoms. The SMILES string of the molecule is O=c1[nH]ccn1CCNc1ccc(-c2cccc3cccnc23)cn1. The van der Waals surface area contributed by atoms with Crippen LogP contribution in [0.4, 0.5) is 5.82 Å². The highest BCUT2D eigenvalue weighted by molar-refractivity contribution is 5.93. The van der Waals surface area contributed by atoms with Gasteiger partial charge in [0, 0.05) is 54.4 Å². The van der Waals surface area contributed by atoms with E-state index in [0.717, 1.165) is 27.8 Å². The van der Waals surface area contributed by atoms with Gasteiger partial charge in [-0.1, -0.05) is 24.3 Å². The van der Waals surface area contributed by atoms with Crippen LogP contribution in [0.1, 0.15) is 0 Å². The van der Waals surface area contributed by atoms with Gasteiger partial charge >= 0.3 is 5.69 Å². The van der Waals surface area contributed by atoms with Gasteiger partial charge in [-0.2, -0.15) is 0 Å². The molecule has 2 N–H and O–H groups in total. The van der Waals surface area contributed by atoms with Crippen molar-refractivity contribution in [3.8, 4) is 11.1 Å². The summed E-state index contributed by atoms with van der Waals surface area (Å²) in [7, 11) is 0. The molecule has 1 aromatic carbocycles. The van der Waals surface area contributed by atoms with Crippen LogP contribution in [-0.2, 0) is 6.54 Å². The molecule has 0 spiro atoms. The topological polar surface area (TPSA) is 75.6 Å². The molecule has 3 heterocycles. The highest BCUT2D eigenvalue weighted by Gasteiger charge is 2.05. The van der Waals surface area contributed by atoms with Crippen LogP contribution >= 0.6 is 0 Å². The summed E-state index contributed by atoms with van der Waals surface area (Å²) >= 11 is 0. The van der Waals surface area contributed by atoms with Crippen molar-refractivity contribution in [3.63, 3.8) is 0 Å². The quantitative estimate of drug-likeness (QED) is 0.589.